The van der Waals surface area contributed by atoms with Gasteiger partial charge in [0, 0.05) is 31.5 Å². The predicted molar refractivity (Wildman–Crippen MR) is 71.2 cm³/mol. The Bertz CT molecular complexity index is 421. The van der Waals surface area contributed by atoms with Crippen LogP contribution in [0.2, 0.25) is 0 Å². The number of aliphatic hydroxyl groups is 1. The molecule has 2 saturated heterocycles. The Hall–Kier alpha value is -0.500. The fraction of sp³-hybridized carbons (Fsp3) is 0.917. The number of nitrogens with one attached hydrogen (secondary N) is 1. The molecular weight excluding hydrogens is 268 g/mol. The molecule has 0 aromatic rings. The summed E-state index contributed by atoms with van der Waals surface area (Å²) in [5.74, 6) is 0.253. The van der Waals surface area contributed by atoms with Gasteiger partial charge in [0.1, 0.15) is 5.78 Å². The van der Waals surface area contributed by atoms with Crippen LogP contribution in [-0.4, -0.2) is 61.7 Å². The van der Waals surface area contributed by atoms with Crippen LogP contribution in [0.15, 0.2) is 0 Å². The van der Waals surface area contributed by atoms with Crippen molar-refractivity contribution in [1.29, 1.82) is 0 Å². The van der Waals surface area contributed by atoms with Crippen molar-refractivity contribution in [3.63, 3.8) is 0 Å². The molecule has 0 unspecified atom stereocenters. The van der Waals surface area contributed by atoms with Crippen molar-refractivity contribution >= 4 is 15.8 Å². The monoisotopic (exact) mass is 290 g/mol. The fourth-order valence-electron chi connectivity index (χ4n) is 3.09. The lowest BCUT2D eigenvalue weighted by Gasteiger charge is -2.35. The molecule has 3 atom stereocenters. The number of hydrogen-bond donors (Lipinski definition) is 2. The molecule has 110 valence electrons. The summed E-state index contributed by atoms with van der Waals surface area (Å²) in [6, 6.07) is 0.503. The molecule has 2 bridgehead atoms. The molecule has 0 spiro atoms. The van der Waals surface area contributed by atoms with Gasteiger partial charge in [0.05, 0.1) is 11.9 Å². The third-order valence-corrected chi connectivity index (χ3v) is 5.55. The third kappa shape index (κ3) is 3.75. The maximum Gasteiger partial charge on any atom is 0.211 e. The summed E-state index contributed by atoms with van der Waals surface area (Å²) in [6.07, 6.45) is 2.76. The second kappa shape index (κ2) is 5.87. The summed E-state index contributed by atoms with van der Waals surface area (Å²) in [5.41, 5.74) is 0. The number of carbonyl (C=O) groups is 1. The molecule has 19 heavy (non-hydrogen) atoms. The van der Waals surface area contributed by atoms with Crippen LogP contribution in [0.5, 0.6) is 0 Å². The predicted octanol–water partition coefficient (Wildman–Crippen LogP) is -0.517. The molecular formula is C12H22N2O4S. The minimum atomic E-state index is -3.26. The van der Waals surface area contributed by atoms with Crippen LogP contribution < -0.4 is 4.72 Å². The molecule has 2 N–H and O–H groups in total. The molecule has 0 aromatic carbocycles. The number of aliphatic hydroxyl groups excluding tert-OH is 1. The lowest BCUT2D eigenvalue weighted by Crippen LogP contribution is -2.47. The molecule has 0 saturated carbocycles. The Kier molecular flexibility index (Phi) is 4.60. The molecule has 2 aliphatic rings. The Labute approximate surface area is 114 Å². The smallest absolute Gasteiger partial charge is 0.211 e. The summed E-state index contributed by atoms with van der Waals surface area (Å²) in [7, 11) is -1.89. The van der Waals surface area contributed by atoms with Crippen LogP contribution in [0.1, 0.15) is 32.1 Å². The normalized spacial score (nSPS) is 29.7. The second-order valence-electron chi connectivity index (χ2n) is 5.49. The molecule has 0 amide bonds. The van der Waals surface area contributed by atoms with Crippen molar-refractivity contribution in [2.75, 3.05) is 19.3 Å². The van der Waals surface area contributed by atoms with Gasteiger partial charge < -0.3 is 5.11 Å². The number of sulfonamides is 1. The van der Waals surface area contributed by atoms with Crippen molar-refractivity contribution in [1.82, 2.24) is 9.62 Å². The van der Waals surface area contributed by atoms with E-state index in [1.54, 1.807) is 0 Å². The molecule has 6 nitrogen and oxygen atoms in total. The lowest BCUT2D eigenvalue weighted by atomic mass is 10.0. The van der Waals surface area contributed by atoms with Crippen molar-refractivity contribution < 1.29 is 18.3 Å². The minimum Gasteiger partial charge on any atom is -0.392 e. The van der Waals surface area contributed by atoms with Crippen molar-refractivity contribution in [2.24, 2.45) is 0 Å². The van der Waals surface area contributed by atoms with Gasteiger partial charge in [-0.1, -0.05) is 0 Å². The van der Waals surface area contributed by atoms with Gasteiger partial charge in [0.25, 0.3) is 0 Å². The molecule has 2 heterocycles. The van der Waals surface area contributed by atoms with E-state index in [1.807, 2.05) is 0 Å². The van der Waals surface area contributed by atoms with E-state index in [-0.39, 0.29) is 24.3 Å². The second-order valence-corrected chi connectivity index (χ2v) is 7.54. The summed E-state index contributed by atoms with van der Waals surface area (Å²) >= 11 is 0. The lowest BCUT2D eigenvalue weighted by molar-refractivity contribution is -0.124. The topological polar surface area (TPSA) is 86.7 Å². The Morgan fingerprint density at radius 1 is 1.37 bits per heavy atom. The molecule has 2 rings (SSSR count). The van der Waals surface area contributed by atoms with Gasteiger partial charge in [-0.2, -0.15) is 0 Å². The summed E-state index contributed by atoms with van der Waals surface area (Å²) in [4.78, 5) is 13.7. The first-order valence-corrected chi connectivity index (χ1v) is 8.43. The van der Waals surface area contributed by atoms with Gasteiger partial charge in [-0.25, -0.2) is 13.1 Å². The third-order valence-electron chi connectivity index (χ3n) is 4.15. The summed E-state index contributed by atoms with van der Waals surface area (Å²) in [5, 5.41) is 9.97. The molecule has 2 aliphatic heterocycles. The van der Waals surface area contributed by atoms with E-state index in [0.29, 0.717) is 25.2 Å². The van der Waals surface area contributed by atoms with E-state index in [1.165, 1.54) is 7.05 Å². The number of hydrogen-bond acceptors (Lipinski definition) is 5. The molecule has 7 heteroatoms. The maximum absolute atomic E-state index is 11.5. The van der Waals surface area contributed by atoms with Crippen LogP contribution in [0.4, 0.5) is 0 Å². The SMILES string of the molecule is CNS(=O)(=O)CC[C@@H](O)CN1[C@@H]2CC[C@H]1CC(=O)C2. The fourth-order valence-corrected chi connectivity index (χ4v) is 3.87. The number of piperidine rings is 1. The van der Waals surface area contributed by atoms with Gasteiger partial charge in [-0.05, 0) is 26.3 Å². The van der Waals surface area contributed by atoms with E-state index >= 15 is 0 Å². The first kappa shape index (κ1) is 14.9. The Morgan fingerprint density at radius 3 is 2.47 bits per heavy atom. The van der Waals surface area contributed by atoms with E-state index < -0.39 is 16.1 Å². The highest BCUT2D eigenvalue weighted by molar-refractivity contribution is 7.89. The van der Waals surface area contributed by atoms with E-state index in [9.17, 15) is 18.3 Å². The first-order valence-electron chi connectivity index (χ1n) is 6.78. The molecule has 0 radical (unpaired) electrons. The quantitative estimate of drug-likeness (QED) is 0.687. The summed E-state index contributed by atoms with van der Waals surface area (Å²) < 4.78 is 24.8. The molecule has 0 aliphatic carbocycles. The number of Topliss-reactive ketones (excluding diaryl/α,β-unsaturated/α-hetero) is 1. The van der Waals surface area contributed by atoms with Crippen LogP contribution >= 0.6 is 0 Å². The number of carbonyl (C=O) groups excluding carboxylic acids is 1. The van der Waals surface area contributed by atoms with Gasteiger partial charge in [0.2, 0.25) is 10.0 Å². The van der Waals surface area contributed by atoms with Gasteiger partial charge in [-0.15, -0.1) is 0 Å². The maximum atomic E-state index is 11.5. The van der Waals surface area contributed by atoms with Crippen LogP contribution in [0.3, 0.4) is 0 Å². The zero-order chi connectivity index (χ0) is 14.0. The number of rotatable bonds is 6. The van der Waals surface area contributed by atoms with E-state index in [2.05, 4.69) is 9.62 Å². The van der Waals surface area contributed by atoms with E-state index in [4.69, 9.17) is 0 Å². The average Bonchev–Trinajstić information content (AvgIpc) is 2.60. The standard InChI is InChI=1S/C12H22N2O4S/c1-13-19(17,18)5-4-11(15)8-14-9-2-3-10(14)7-12(16)6-9/h9-11,13,15H,2-8H2,1H3/t9-,10+,11-/m1/s1. The van der Waals surface area contributed by atoms with Crippen molar-refractivity contribution in [3.8, 4) is 0 Å². The van der Waals surface area contributed by atoms with Crippen molar-refractivity contribution in [2.45, 2.75) is 50.3 Å². The minimum absolute atomic E-state index is 0.0627. The highest BCUT2D eigenvalue weighted by Crippen LogP contribution is 2.33. The van der Waals surface area contributed by atoms with Crippen LogP contribution in [0.25, 0.3) is 0 Å². The zero-order valence-corrected chi connectivity index (χ0v) is 12.0. The largest absolute Gasteiger partial charge is 0.392 e. The average molecular weight is 290 g/mol. The number of fused-ring (bicyclic) bond motifs is 2. The van der Waals surface area contributed by atoms with Crippen LogP contribution in [0, 0.1) is 0 Å². The highest BCUT2D eigenvalue weighted by Gasteiger charge is 2.40. The number of nitrogens with zero attached hydrogens (tertiary/aromatic N) is 1. The van der Waals surface area contributed by atoms with E-state index in [0.717, 1.165) is 12.8 Å². The highest BCUT2D eigenvalue weighted by atomic mass is 32.2. The van der Waals surface area contributed by atoms with Crippen molar-refractivity contribution in [3.05, 3.63) is 0 Å². The van der Waals surface area contributed by atoms with Gasteiger partial charge in [0.15, 0.2) is 0 Å². The van der Waals surface area contributed by atoms with Gasteiger partial charge >= 0.3 is 0 Å². The number of ketones is 1. The molecule has 0 aromatic heterocycles. The Balaban J connectivity index is 1.83. The first-order chi connectivity index (χ1) is 8.91. The summed E-state index contributed by atoms with van der Waals surface area (Å²) in [6.45, 7) is 0.474. The van der Waals surface area contributed by atoms with Crippen LogP contribution in [-0.2, 0) is 14.8 Å². The van der Waals surface area contributed by atoms with Gasteiger partial charge in [-0.3, -0.25) is 9.69 Å². The zero-order valence-electron chi connectivity index (χ0n) is 11.2. The molecule has 2 fully saturated rings. The Morgan fingerprint density at radius 2 is 1.95 bits per heavy atom.